The van der Waals surface area contributed by atoms with Crippen LogP contribution < -0.4 is 0 Å². The number of hydrogen-bond acceptors (Lipinski definition) is 5. The van der Waals surface area contributed by atoms with Crippen LogP contribution in [0, 0.1) is 37.0 Å². The van der Waals surface area contributed by atoms with E-state index >= 15 is 0 Å². The molecule has 4 heterocycles. The molecular weight excluding hydrogens is 486 g/mol. The van der Waals surface area contributed by atoms with E-state index in [9.17, 15) is 9.59 Å². The third-order valence-corrected chi connectivity index (χ3v) is 9.31. The third kappa shape index (κ3) is 6.03. The molecule has 1 aromatic heterocycles. The van der Waals surface area contributed by atoms with Crippen molar-refractivity contribution in [3.05, 3.63) is 59.2 Å². The van der Waals surface area contributed by atoms with Gasteiger partial charge in [0.25, 0.3) is 5.91 Å². The molecule has 0 saturated carbocycles. The maximum atomic E-state index is 13.3. The van der Waals surface area contributed by atoms with E-state index in [1.807, 2.05) is 39.5 Å². The van der Waals surface area contributed by atoms with E-state index in [4.69, 9.17) is 0 Å². The zero-order chi connectivity index (χ0) is 27.7. The molecule has 7 heteroatoms. The SMILES string of the molecule is Cc1ncnc(C)c1C(=O)N1CC2CN(CCC(c3ccccc3)C3CCN(C(=O)C(C)(C)C)CC3)CC2C1. The van der Waals surface area contributed by atoms with Crippen LogP contribution in [0.2, 0.25) is 0 Å². The molecule has 1 aromatic carbocycles. The molecule has 0 radical (unpaired) electrons. The summed E-state index contributed by atoms with van der Waals surface area (Å²) >= 11 is 0. The Morgan fingerprint density at radius 1 is 0.897 bits per heavy atom. The standard InChI is InChI=1S/C32H45N5O2/c1-22-29(23(2)34-21-33-22)30(38)37-19-26-17-35(18-27(26)20-37)14-13-28(24-9-7-6-8-10-24)25-11-15-36(16-12-25)31(39)32(3,4)5/h6-10,21,25-28H,11-20H2,1-5H3. The van der Waals surface area contributed by atoms with E-state index in [1.54, 1.807) is 0 Å². The molecule has 2 aromatic rings. The fraction of sp³-hybridized carbons (Fsp3) is 0.625. The molecule has 3 atom stereocenters. The lowest BCUT2D eigenvalue weighted by atomic mass is 9.77. The quantitative estimate of drug-likeness (QED) is 0.547. The molecule has 3 fully saturated rings. The van der Waals surface area contributed by atoms with Crippen molar-refractivity contribution in [1.29, 1.82) is 0 Å². The highest BCUT2D eigenvalue weighted by Gasteiger charge is 2.42. The Balaban J connectivity index is 1.17. The molecule has 0 bridgehead atoms. The van der Waals surface area contributed by atoms with Crippen molar-refractivity contribution in [3.8, 4) is 0 Å². The molecule has 7 nitrogen and oxygen atoms in total. The van der Waals surface area contributed by atoms with Gasteiger partial charge in [0.1, 0.15) is 6.33 Å². The second-order valence-electron chi connectivity index (χ2n) is 13.1. The van der Waals surface area contributed by atoms with Crippen LogP contribution in [0.5, 0.6) is 0 Å². The summed E-state index contributed by atoms with van der Waals surface area (Å²) < 4.78 is 0. The molecule has 2 amide bonds. The number of fused-ring (bicyclic) bond motifs is 1. The van der Waals surface area contributed by atoms with Gasteiger partial charge >= 0.3 is 0 Å². The Hall–Kier alpha value is -2.80. The molecule has 210 valence electrons. The Bertz CT molecular complexity index is 1130. The lowest BCUT2D eigenvalue weighted by Gasteiger charge is -2.39. The normalized spacial score (nSPS) is 23.2. The summed E-state index contributed by atoms with van der Waals surface area (Å²) in [5.41, 5.74) is 3.34. The van der Waals surface area contributed by atoms with Gasteiger partial charge in [-0.3, -0.25) is 9.59 Å². The van der Waals surface area contributed by atoms with Crippen LogP contribution in [0.1, 0.15) is 73.3 Å². The average molecular weight is 532 g/mol. The minimum absolute atomic E-state index is 0.0898. The minimum Gasteiger partial charge on any atom is -0.342 e. The predicted octanol–water partition coefficient (Wildman–Crippen LogP) is 4.56. The second-order valence-corrected chi connectivity index (χ2v) is 13.1. The number of carbonyl (C=O) groups is 2. The number of benzene rings is 1. The fourth-order valence-electron chi connectivity index (χ4n) is 7.17. The minimum atomic E-state index is -0.313. The number of nitrogens with zero attached hydrogens (tertiary/aromatic N) is 5. The Kier molecular flexibility index (Phi) is 8.08. The second kappa shape index (κ2) is 11.4. The van der Waals surface area contributed by atoms with Gasteiger partial charge in [-0.2, -0.15) is 0 Å². The molecule has 0 aliphatic carbocycles. The number of likely N-dealkylation sites (tertiary alicyclic amines) is 3. The van der Waals surface area contributed by atoms with Crippen LogP contribution in [-0.4, -0.2) is 82.3 Å². The van der Waals surface area contributed by atoms with Gasteiger partial charge in [0.15, 0.2) is 0 Å². The maximum Gasteiger partial charge on any atom is 0.257 e. The van der Waals surface area contributed by atoms with E-state index in [0.717, 1.165) is 76.5 Å². The van der Waals surface area contributed by atoms with Gasteiger partial charge in [-0.05, 0) is 68.9 Å². The van der Waals surface area contributed by atoms with Gasteiger partial charge in [0, 0.05) is 44.7 Å². The molecule has 5 rings (SSSR count). The van der Waals surface area contributed by atoms with E-state index in [-0.39, 0.29) is 17.2 Å². The van der Waals surface area contributed by atoms with E-state index in [0.29, 0.717) is 29.2 Å². The summed E-state index contributed by atoms with van der Waals surface area (Å²) in [5.74, 6) is 2.57. The molecule has 3 unspecified atom stereocenters. The molecule has 3 aliphatic rings. The fourth-order valence-corrected chi connectivity index (χ4v) is 7.17. The Morgan fingerprint density at radius 3 is 2.05 bits per heavy atom. The molecule has 3 aliphatic heterocycles. The first-order chi connectivity index (χ1) is 18.6. The van der Waals surface area contributed by atoms with Gasteiger partial charge in [-0.25, -0.2) is 9.97 Å². The van der Waals surface area contributed by atoms with Gasteiger partial charge in [-0.1, -0.05) is 51.1 Å². The van der Waals surface area contributed by atoms with E-state index < -0.39 is 0 Å². The lowest BCUT2D eigenvalue weighted by Crippen LogP contribution is -2.45. The van der Waals surface area contributed by atoms with Crippen LogP contribution in [0.25, 0.3) is 0 Å². The number of hydrogen-bond donors (Lipinski definition) is 0. The van der Waals surface area contributed by atoms with Gasteiger partial charge in [0.2, 0.25) is 5.91 Å². The van der Waals surface area contributed by atoms with Crippen molar-refractivity contribution < 1.29 is 9.59 Å². The zero-order valence-electron chi connectivity index (χ0n) is 24.4. The van der Waals surface area contributed by atoms with Crippen LogP contribution in [0.15, 0.2) is 36.7 Å². The van der Waals surface area contributed by atoms with Crippen molar-refractivity contribution in [2.75, 3.05) is 45.8 Å². The lowest BCUT2D eigenvalue weighted by molar-refractivity contribution is -0.141. The number of carbonyl (C=O) groups excluding carboxylic acids is 2. The number of amides is 2. The number of aromatic nitrogens is 2. The van der Waals surface area contributed by atoms with Crippen molar-refractivity contribution in [2.45, 2.75) is 59.8 Å². The first-order valence-electron chi connectivity index (χ1n) is 14.8. The summed E-state index contributed by atoms with van der Waals surface area (Å²) in [7, 11) is 0. The molecular formula is C32H45N5O2. The molecule has 3 saturated heterocycles. The average Bonchev–Trinajstić information content (AvgIpc) is 3.48. The highest BCUT2D eigenvalue weighted by Crippen LogP contribution is 2.38. The van der Waals surface area contributed by atoms with Crippen molar-refractivity contribution >= 4 is 11.8 Å². The van der Waals surface area contributed by atoms with Gasteiger partial charge in [-0.15, -0.1) is 0 Å². The summed E-state index contributed by atoms with van der Waals surface area (Å²) in [5, 5.41) is 0. The van der Waals surface area contributed by atoms with Crippen molar-refractivity contribution in [1.82, 2.24) is 24.7 Å². The summed E-state index contributed by atoms with van der Waals surface area (Å²) in [4.78, 5) is 41.4. The topological polar surface area (TPSA) is 69.6 Å². The number of aryl methyl sites for hydroxylation is 2. The predicted molar refractivity (Wildman–Crippen MR) is 153 cm³/mol. The zero-order valence-corrected chi connectivity index (χ0v) is 24.4. The third-order valence-electron chi connectivity index (χ3n) is 9.31. The monoisotopic (exact) mass is 531 g/mol. The van der Waals surface area contributed by atoms with Crippen molar-refractivity contribution in [3.63, 3.8) is 0 Å². The van der Waals surface area contributed by atoms with Crippen LogP contribution in [-0.2, 0) is 4.79 Å². The van der Waals surface area contributed by atoms with Gasteiger partial charge < -0.3 is 14.7 Å². The Morgan fingerprint density at radius 2 is 1.49 bits per heavy atom. The Labute approximate surface area is 234 Å². The molecule has 0 spiro atoms. The highest BCUT2D eigenvalue weighted by atomic mass is 16.2. The molecule has 39 heavy (non-hydrogen) atoms. The van der Waals surface area contributed by atoms with E-state index in [2.05, 4.69) is 50.1 Å². The van der Waals surface area contributed by atoms with Crippen LogP contribution in [0.4, 0.5) is 0 Å². The van der Waals surface area contributed by atoms with Crippen LogP contribution in [0.3, 0.4) is 0 Å². The largest absolute Gasteiger partial charge is 0.342 e. The smallest absolute Gasteiger partial charge is 0.257 e. The van der Waals surface area contributed by atoms with Crippen LogP contribution >= 0.6 is 0 Å². The number of piperidine rings is 1. The first-order valence-corrected chi connectivity index (χ1v) is 14.8. The highest BCUT2D eigenvalue weighted by molar-refractivity contribution is 5.96. The number of rotatable bonds is 6. The molecule has 0 N–H and O–H groups in total. The van der Waals surface area contributed by atoms with Gasteiger partial charge in [0.05, 0.1) is 17.0 Å². The first kappa shape index (κ1) is 27.8. The van der Waals surface area contributed by atoms with Crippen molar-refractivity contribution in [2.24, 2.45) is 23.2 Å². The summed E-state index contributed by atoms with van der Waals surface area (Å²) in [6.45, 7) is 16.5. The maximum absolute atomic E-state index is 13.3. The summed E-state index contributed by atoms with van der Waals surface area (Å²) in [6.07, 6.45) is 4.83. The summed E-state index contributed by atoms with van der Waals surface area (Å²) in [6, 6.07) is 11.0. The van der Waals surface area contributed by atoms with E-state index in [1.165, 1.54) is 11.9 Å².